The number of rotatable bonds is 3. The highest BCUT2D eigenvalue weighted by molar-refractivity contribution is 9.11. The molecule has 0 radical (unpaired) electrons. The molecule has 0 aliphatic rings. The van der Waals surface area contributed by atoms with E-state index in [1.807, 2.05) is 29.1 Å². The van der Waals surface area contributed by atoms with Crippen LogP contribution >= 0.6 is 27.3 Å². The second kappa shape index (κ2) is 4.47. The van der Waals surface area contributed by atoms with Gasteiger partial charge in [0.15, 0.2) is 0 Å². The SMILES string of the molecule is CCn1ccnc1C(O)c1csc(Br)c1. The fraction of sp³-hybridized carbons (Fsp3) is 0.300. The molecule has 0 aliphatic heterocycles. The van der Waals surface area contributed by atoms with Crippen LogP contribution in [0.2, 0.25) is 0 Å². The maximum atomic E-state index is 10.1. The van der Waals surface area contributed by atoms with Gasteiger partial charge in [0.2, 0.25) is 0 Å². The van der Waals surface area contributed by atoms with Gasteiger partial charge in [-0.15, -0.1) is 11.3 Å². The average molecular weight is 287 g/mol. The summed E-state index contributed by atoms with van der Waals surface area (Å²) >= 11 is 4.94. The summed E-state index contributed by atoms with van der Waals surface area (Å²) in [4.78, 5) is 4.17. The van der Waals surface area contributed by atoms with E-state index in [-0.39, 0.29) is 0 Å². The molecule has 0 spiro atoms. The first-order chi connectivity index (χ1) is 7.22. The zero-order valence-corrected chi connectivity index (χ0v) is 10.6. The summed E-state index contributed by atoms with van der Waals surface area (Å²) in [5.41, 5.74) is 0.882. The summed E-state index contributed by atoms with van der Waals surface area (Å²) < 4.78 is 2.96. The maximum Gasteiger partial charge on any atom is 0.142 e. The van der Waals surface area contributed by atoms with Gasteiger partial charge in [-0.3, -0.25) is 0 Å². The molecule has 0 aliphatic carbocycles. The molecule has 80 valence electrons. The minimum atomic E-state index is -0.637. The number of thiophene rings is 1. The van der Waals surface area contributed by atoms with Crippen molar-refractivity contribution in [2.75, 3.05) is 0 Å². The Labute approximate surface area is 101 Å². The topological polar surface area (TPSA) is 38.0 Å². The van der Waals surface area contributed by atoms with Crippen molar-refractivity contribution in [3.05, 3.63) is 39.0 Å². The molecule has 1 unspecified atom stereocenters. The van der Waals surface area contributed by atoms with Crippen molar-refractivity contribution in [3.63, 3.8) is 0 Å². The molecule has 3 nitrogen and oxygen atoms in total. The van der Waals surface area contributed by atoms with E-state index in [2.05, 4.69) is 20.9 Å². The fourth-order valence-corrected chi connectivity index (χ4v) is 2.65. The number of aliphatic hydroxyl groups excluding tert-OH is 1. The van der Waals surface area contributed by atoms with Crippen LogP contribution in [0.1, 0.15) is 24.4 Å². The third-order valence-electron chi connectivity index (χ3n) is 2.24. The van der Waals surface area contributed by atoms with Gasteiger partial charge in [-0.05, 0) is 39.9 Å². The molecule has 1 N–H and O–H groups in total. The van der Waals surface area contributed by atoms with E-state index in [4.69, 9.17) is 0 Å². The largest absolute Gasteiger partial charge is 0.380 e. The third kappa shape index (κ3) is 2.14. The van der Waals surface area contributed by atoms with Crippen LogP contribution in [-0.2, 0) is 6.54 Å². The molecule has 2 heterocycles. The van der Waals surface area contributed by atoms with E-state index >= 15 is 0 Å². The lowest BCUT2D eigenvalue weighted by atomic mass is 10.2. The predicted octanol–water partition coefficient (Wildman–Crippen LogP) is 2.81. The summed E-state index contributed by atoms with van der Waals surface area (Å²) in [5.74, 6) is 0.697. The average Bonchev–Trinajstić information content (AvgIpc) is 2.84. The summed E-state index contributed by atoms with van der Waals surface area (Å²) in [6.07, 6.45) is 2.95. The quantitative estimate of drug-likeness (QED) is 0.942. The lowest BCUT2D eigenvalue weighted by Crippen LogP contribution is -2.07. The summed E-state index contributed by atoms with van der Waals surface area (Å²) in [6.45, 7) is 2.85. The number of halogens is 1. The normalized spacial score (nSPS) is 13.0. The molecule has 0 bridgehead atoms. The minimum absolute atomic E-state index is 0.637. The van der Waals surface area contributed by atoms with E-state index < -0.39 is 6.10 Å². The minimum Gasteiger partial charge on any atom is -0.380 e. The van der Waals surface area contributed by atoms with Crippen LogP contribution in [0.4, 0.5) is 0 Å². The van der Waals surface area contributed by atoms with Gasteiger partial charge in [0.1, 0.15) is 11.9 Å². The Hall–Kier alpha value is -0.650. The van der Waals surface area contributed by atoms with Crippen molar-refractivity contribution in [1.82, 2.24) is 9.55 Å². The molecule has 15 heavy (non-hydrogen) atoms. The molecular weight excluding hydrogens is 276 g/mol. The molecule has 0 amide bonds. The van der Waals surface area contributed by atoms with Gasteiger partial charge in [-0.25, -0.2) is 4.98 Å². The van der Waals surface area contributed by atoms with Crippen LogP contribution in [0.25, 0.3) is 0 Å². The number of aryl methyl sites for hydroxylation is 1. The van der Waals surface area contributed by atoms with E-state index in [0.717, 1.165) is 15.9 Å². The highest BCUT2D eigenvalue weighted by Crippen LogP contribution is 2.28. The third-order valence-corrected chi connectivity index (χ3v) is 3.76. The standard InChI is InChI=1S/C10H11BrN2OS/c1-2-13-4-3-12-10(13)9(14)7-5-8(11)15-6-7/h3-6,9,14H,2H2,1H3. The Kier molecular flexibility index (Phi) is 3.23. The number of hydrogen-bond donors (Lipinski definition) is 1. The second-order valence-electron chi connectivity index (χ2n) is 3.16. The van der Waals surface area contributed by atoms with Gasteiger partial charge in [0.05, 0.1) is 3.79 Å². The Balaban J connectivity index is 2.31. The van der Waals surface area contributed by atoms with Gasteiger partial charge >= 0.3 is 0 Å². The van der Waals surface area contributed by atoms with Crippen molar-refractivity contribution >= 4 is 27.3 Å². The van der Waals surface area contributed by atoms with Crippen molar-refractivity contribution in [2.45, 2.75) is 19.6 Å². The van der Waals surface area contributed by atoms with E-state index in [9.17, 15) is 5.11 Å². The Morgan fingerprint density at radius 3 is 3.07 bits per heavy atom. The van der Waals surface area contributed by atoms with E-state index in [1.54, 1.807) is 17.5 Å². The number of aliphatic hydroxyl groups is 1. The van der Waals surface area contributed by atoms with Crippen LogP contribution in [0.3, 0.4) is 0 Å². The molecular formula is C10H11BrN2OS. The van der Waals surface area contributed by atoms with Crippen molar-refractivity contribution in [3.8, 4) is 0 Å². The van der Waals surface area contributed by atoms with Crippen LogP contribution < -0.4 is 0 Å². The van der Waals surface area contributed by atoms with Gasteiger partial charge in [0.25, 0.3) is 0 Å². The second-order valence-corrected chi connectivity index (χ2v) is 5.45. The van der Waals surface area contributed by atoms with Crippen LogP contribution in [-0.4, -0.2) is 14.7 Å². The number of nitrogens with zero attached hydrogens (tertiary/aromatic N) is 2. The van der Waals surface area contributed by atoms with Gasteiger partial charge in [-0.1, -0.05) is 0 Å². The highest BCUT2D eigenvalue weighted by atomic mass is 79.9. The first-order valence-electron chi connectivity index (χ1n) is 4.65. The molecule has 0 saturated heterocycles. The number of hydrogen-bond acceptors (Lipinski definition) is 3. The lowest BCUT2D eigenvalue weighted by molar-refractivity contribution is 0.205. The monoisotopic (exact) mass is 286 g/mol. The lowest BCUT2D eigenvalue weighted by Gasteiger charge is -2.10. The van der Waals surface area contributed by atoms with Crippen LogP contribution in [0, 0.1) is 0 Å². The molecule has 2 aromatic rings. The maximum absolute atomic E-state index is 10.1. The van der Waals surface area contributed by atoms with Crippen LogP contribution in [0.15, 0.2) is 27.6 Å². The molecule has 1 atom stereocenters. The molecule has 2 aromatic heterocycles. The smallest absolute Gasteiger partial charge is 0.142 e. The van der Waals surface area contributed by atoms with E-state index in [1.165, 1.54) is 0 Å². The Bertz CT molecular complexity index is 452. The van der Waals surface area contributed by atoms with Crippen molar-refractivity contribution in [1.29, 1.82) is 0 Å². The first kappa shape index (κ1) is 10.9. The number of imidazole rings is 1. The molecule has 0 fully saturated rings. The first-order valence-corrected chi connectivity index (χ1v) is 6.32. The van der Waals surface area contributed by atoms with Crippen molar-refractivity contribution in [2.24, 2.45) is 0 Å². The van der Waals surface area contributed by atoms with Gasteiger partial charge < -0.3 is 9.67 Å². The molecule has 0 saturated carbocycles. The molecule has 0 aromatic carbocycles. The summed E-state index contributed by atoms with van der Waals surface area (Å²) in [7, 11) is 0. The summed E-state index contributed by atoms with van der Waals surface area (Å²) in [6, 6.07) is 1.92. The zero-order valence-electron chi connectivity index (χ0n) is 8.22. The molecule has 2 rings (SSSR count). The zero-order chi connectivity index (χ0) is 10.8. The van der Waals surface area contributed by atoms with Gasteiger partial charge in [0, 0.05) is 18.9 Å². The highest BCUT2D eigenvalue weighted by Gasteiger charge is 2.16. The van der Waals surface area contributed by atoms with Crippen molar-refractivity contribution < 1.29 is 5.11 Å². The Morgan fingerprint density at radius 1 is 1.67 bits per heavy atom. The summed E-state index contributed by atoms with van der Waals surface area (Å²) in [5, 5.41) is 12.0. The van der Waals surface area contributed by atoms with E-state index in [0.29, 0.717) is 5.82 Å². The Morgan fingerprint density at radius 2 is 2.47 bits per heavy atom. The number of aromatic nitrogens is 2. The fourth-order valence-electron chi connectivity index (χ4n) is 1.45. The predicted molar refractivity (Wildman–Crippen MR) is 64.0 cm³/mol. The van der Waals surface area contributed by atoms with Gasteiger partial charge in [-0.2, -0.15) is 0 Å². The van der Waals surface area contributed by atoms with Crippen LogP contribution in [0.5, 0.6) is 0 Å². The molecule has 5 heteroatoms.